The summed E-state index contributed by atoms with van der Waals surface area (Å²) in [6, 6.07) is 13.9. The lowest BCUT2D eigenvalue weighted by Crippen LogP contribution is -2.17. The van der Waals surface area contributed by atoms with Crippen LogP contribution < -0.4 is 5.56 Å². The molecule has 1 N–H and O–H groups in total. The number of nitrogens with one attached hydrogen (secondary N) is 1. The molecule has 0 saturated heterocycles. The van der Waals surface area contributed by atoms with Crippen LogP contribution in [0.2, 0.25) is 0 Å². The highest BCUT2D eigenvalue weighted by Crippen LogP contribution is 2.10. The van der Waals surface area contributed by atoms with Crippen molar-refractivity contribution in [3.63, 3.8) is 0 Å². The van der Waals surface area contributed by atoms with Crippen molar-refractivity contribution in [1.82, 2.24) is 9.97 Å². The van der Waals surface area contributed by atoms with Gasteiger partial charge in [0.05, 0.1) is 29.1 Å². The van der Waals surface area contributed by atoms with Gasteiger partial charge < -0.3 is 14.5 Å². The van der Waals surface area contributed by atoms with Crippen LogP contribution in [0.25, 0.3) is 11.0 Å². The van der Waals surface area contributed by atoms with Gasteiger partial charge in [0.1, 0.15) is 12.3 Å². The smallest absolute Gasteiger partial charge is 0.338 e. The van der Waals surface area contributed by atoms with Crippen molar-refractivity contribution in [3.8, 4) is 0 Å². The molecule has 0 aliphatic carbocycles. The predicted octanol–water partition coefficient (Wildman–Crippen LogP) is 3.16. The van der Waals surface area contributed by atoms with Crippen LogP contribution in [0.15, 0.2) is 53.3 Å². The first-order valence-electron chi connectivity index (χ1n) is 9.36. The van der Waals surface area contributed by atoms with E-state index >= 15 is 0 Å². The fraction of sp³-hybridized carbons (Fsp3) is 0.273. The minimum Gasteiger partial charge on any atom is -0.461 e. The highest BCUT2D eigenvalue weighted by molar-refractivity contribution is 5.89. The molecule has 0 unspecified atom stereocenters. The van der Waals surface area contributed by atoms with Gasteiger partial charge in [0.2, 0.25) is 0 Å². The number of ether oxygens (including phenoxy) is 2. The third-order valence-corrected chi connectivity index (χ3v) is 4.17. The molecule has 0 radical (unpaired) electrons. The molecule has 29 heavy (non-hydrogen) atoms. The Labute approximate surface area is 167 Å². The van der Waals surface area contributed by atoms with Crippen molar-refractivity contribution >= 4 is 23.0 Å². The van der Waals surface area contributed by atoms with Gasteiger partial charge in [0.15, 0.2) is 0 Å². The Morgan fingerprint density at radius 1 is 1.07 bits per heavy atom. The van der Waals surface area contributed by atoms with E-state index in [-0.39, 0.29) is 31.1 Å². The quantitative estimate of drug-likeness (QED) is 0.618. The first-order valence-corrected chi connectivity index (χ1v) is 9.36. The summed E-state index contributed by atoms with van der Waals surface area (Å²) in [6.45, 7) is 3.65. The zero-order chi connectivity index (χ0) is 20.8. The number of esters is 2. The van der Waals surface area contributed by atoms with Gasteiger partial charge in [-0.25, -0.2) is 9.78 Å². The van der Waals surface area contributed by atoms with Gasteiger partial charge in [-0.15, -0.1) is 0 Å². The zero-order valence-electron chi connectivity index (χ0n) is 16.3. The molecule has 7 heteroatoms. The molecular formula is C22H22N2O5. The summed E-state index contributed by atoms with van der Waals surface area (Å²) in [5.74, 6) is -0.820. The Bertz CT molecular complexity index is 1070. The molecule has 7 nitrogen and oxygen atoms in total. The van der Waals surface area contributed by atoms with E-state index in [1.165, 1.54) is 0 Å². The van der Waals surface area contributed by atoms with Crippen LogP contribution in [0.4, 0.5) is 0 Å². The van der Waals surface area contributed by atoms with Crippen LogP contribution in [-0.2, 0) is 27.3 Å². The van der Waals surface area contributed by atoms with Crippen LogP contribution in [0.5, 0.6) is 0 Å². The van der Waals surface area contributed by atoms with E-state index in [2.05, 4.69) is 9.97 Å². The minimum atomic E-state index is -0.428. The number of H-pyrrole nitrogens is 1. The third-order valence-electron chi connectivity index (χ3n) is 4.17. The number of nitrogens with zero attached hydrogens (tertiary/aromatic N) is 1. The molecule has 0 fully saturated rings. The van der Waals surface area contributed by atoms with E-state index in [4.69, 9.17) is 9.47 Å². The molecule has 0 saturated carbocycles. The lowest BCUT2D eigenvalue weighted by Gasteiger charge is -2.09. The number of aromatic amines is 1. The summed E-state index contributed by atoms with van der Waals surface area (Å²) in [4.78, 5) is 43.0. The van der Waals surface area contributed by atoms with Crippen molar-refractivity contribution in [2.45, 2.75) is 39.4 Å². The van der Waals surface area contributed by atoms with E-state index in [9.17, 15) is 14.4 Å². The average molecular weight is 394 g/mol. The maximum atomic E-state index is 12.1. The molecule has 1 heterocycles. The van der Waals surface area contributed by atoms with Gasteiger partial charge in [0, 0.05) is 6.42 Å². The summed E-state index contributed by atoms with van der Waals surface area (Å²) in [5.41, 5.74) is 2.52. The van der Waals surface area contributed by atoms with E-state index in [1.807, 2.05) is 12.1 Å². The standard InChI is InChI=1S/C22H22N2O5/c1-14(2)29-22(27)16-9-7-15(8-10-16)13-28-20(25)12-11-19-21(26)24-18-6-4-3-5-17(18)23-19/h3-10,14H,11-13H2,1-2H3,(H,24,26). The second kappa shape index (κ2) is 9.14. The number of carbonyl (C=O) groups excluding carboxylic acids is 2. The highest BCUT2D eigenvalue weighted by atomic mass is 16.5. The van der Waals surface area contributed by atoms with Gasteiger partial charge in [-0.1, -0.05) is 24.3 Å². The molecule has 0 amide bonds. The van der Waals surface area contributed by atoms with Crippen molar-refractivity contribution in [1.29, 1.82) is 0 Å². The number of carbonyl (C=O) groups is 2. The van der Waals surface area contributed by atoms with Crippen LogP contribution in [0.1, 0.15) is 41.9 Å². The number of hydrogen-bond donors (Lipinski definition) is 1. The molecule has 3 aromatic rings. The van der Waals surface area contributed by atoms with Crippen LogP contribution in [-0.4, -0.2) is 28.0 Å². The highest BCUT2D eigenvalue weighted by Gasteiger charge is 2.11. The number of aryl methyl sites for hydroxylation is 1. The van der Waals surface area contributed by atoms with Gasteiger partial charge in [-0.2, -0.15) is 0 Å². The Kier molecular flexibility index (Phi) is 6.39. The van der Waals surface area contributed by atoms with E-state index in [1.54, 1.807) is 50.2 Å². The summed E-state index contributed by atoms with van der Waals surface area (Å²) in [7, 11) is 0. The van der Waals surface area contributed by atoms with Gasteiger partial charge in [0.25, 0.3) is 5.56 Å². The molecule has 0 aliphatic heterocycles. The first kappa shape index (κ1) is 20.3. The molecule has 2 aromatic carbocycles. The van der Waals surface area contributed by atoms with Crippen molar-refractivity contribution in [2.75, 3.05) is 0 Å². The van der Waals surface area contributed by atoms with Gasteiger partial charge in [-0.3, -0.25) is 9.59 Å². The number of hydrogen-bond acceptors (Lipinski definition) is 6. The lowest BCUT2D eigenvalue weighted by atomic mass is 10.1. The van der Waals surface area contributed by atoms with E-state index in [0.29, 0.717) is 22.3 Å². The fourth-order valence-electron chi connectivity index (χ4n) is 2.71. The predicted molar refractivity (Wildman–Crippen MR) is 107 cm³/mol. The molecule has 0 spiro atoms. The largest absolute Gasteiger partial charge is 0.461 e. The van der Waals surface area contributed by atoms with E-state index < -0.39 is 11.9 Å². The molecule has 0 bridgehead atoms. The van der Waals surface area contributed by atoms with Crippen molar-refractivity contribution in [3.05, 3.63) is 75.7 Å². The van der Waals surface area contributed by atoms with Crippen LogP contribution >= 0.6 is 0 Å². The molecule has 150 valence electrons. The number of benzene rings is 2. The van der Waals surface area contributed by atoms with Crippen molar-refractivity contribution < 1.29 is 19.1 Å². The average Bonchev–Trinajstić information content (AvgIpc) is 2.70. The zero-order valence-corrected chi connectivity index (χ0v) is 16.3. The number of rotatable bonds is 7. The summed E-state index contributed by atoms with van der Waals surface area (Å²) in [6.07, 6.45) is 0.0547. The molecule has 0 aliphatic rings. The normalized spacial score (nSPS) is 10.9. The lowest BCUT2D eigenvalue weighted by molar-refractivity contribution is -0.144. The van der Waals surface area contributed by atoms with Gasteiger partial charge in [-0.05, 0) is 43.7 Å². The Morgan fingerprint density at radius 2 is 1.79 bits per heavy atom. The summed E-state index contributed by atoms with van der Waals surface area (Å²) < 4.78 is 10.4. The second-order valence-electron chi connectivity index (χ2n) is 6.84. The second-order valence-corrected chi connectivity index (χ2v) is 6.84. The minimum absolute atomic E-state index is 0.0488. The maximum Gasteiger partial charge on any atom is 0.338 e. The Balaban J connectivity index is 1.52. The molecule has 0 atom stereocenters. The monoisotopic (exact) mass is 394 g/mol. The maximum absolute atomic E-state index is 12.1. The SMILES string of the molecule is CC(C)OC(=O)c1ccc(COC(=O)CCc2nc3ccccc3[nH]c2=O)cc1. The first-order chi connectivity index (χ1) is 13.9. The fourth-order valence-corrected chi connectivity index (χ4v) is 2.71. The topological polar surface area (TPSA) is 98.3 Å². The summed E-state index contributed by atoms with van der Waals surface area (Å²) in [5, 5.41) is 0. The summed E-state index contributed by atoms with van der Waals surface area (Å²) >= 11 is 0. The number of fused-ring (bicyclic) bond motifs is 1. The third kappa shape index (κ3) is 5.51. The van der Waals surface area contributed by atoms with Crippen molar-refractivity contribution in [2.24, 2.45) is 0 Å². The van der Waals surface area contributed by atoms with Gasteiger partial charge >= 0.3 is 11.9 Å². The van der Waals surface area contributed by atoms with Crippen LogP contribution in [0, 0.1) is 0 Å². The Morgan fingerprint density at radius 3 is 2.52 bits per heavy atom. The molecular weight excluding hydrogens is 372 g/mol. The number of para-hydroxylation sites is 2. The van der Waals surface area contributed by atoms with E-state index in [0.717, 1.165) is 5.56 Å². The number of aromatic nitrogens is 2. The van der Waals surface area contributed by atoms with Crippen LogP contribution in [0.3, 0.4) is 0 Å². The molecule has 1 aromatic heterocycles. The molecule has 3 rings (SSSR count). The Hall–Kier alpha value is -3.48.